The average molecular weight is 309 g/mol. The van der Waals surface area contributed by atoms with Crippen LogP contribution in [-0.4, -0.2) is 0 Å². The third-order valence-electron chi connectivity index (χ3n) is 5.11. The maximum Gasteiger partial charge on any atom is -0.0184 e. The standard InChI is InChI=1S/C23H32/c1-4-7-20-13-15-21(16-14-20)9-6-10-22(8-5-2)23-17-11-19(3)12-18-23/h5-6,8,10-12,17-18,20-21H,2,4,7,9,13-16H2,1,3H3/b10-6-,22-8+. The van der Waals surface area contributed by atoms with E-state index < -0.39 is 0 Å². The summed E-state index contributed by atoms with van der Waals surface area (Å²) in [6, 6.07) is 8.75. The van der Waals surface area contributed by atoms with E-state index in [4.69, 9.17) is 0 Å². The van der Waals surface area contributed by atoms with Crippen molar-refractivity contribution in [2.75, 3.05) is 0 Å². The second-order valence-electron chi connectivity index (χ2n) is 7.04. The van der Waals surface area contributed by atoms with Gasteiger partial charge in [-0.25, -0.2) is 0 Å². The summed E-state index contributed by atoms with van der Waals surface area (Å²) in [6.07, 6.45) is 18.4. The predicted octanol–water partition coefficient (Wildman–Crippen LogP) is 7.12. The summed E-state index contributed by atoms with van der Waals surface area (Å²) in [5, 5.41) is 0. The molecule has 0 radical (unpaired) electrons. The fourth-order valence-corrected chi connectivity index (χ4v) is 3.67. The van der Waals surface area contributed by atoms with E-state index in [9.17, 15) is 0 Å². The summed E-state index contributed by atoms with van der Waals surface area (Å²) in [7, 11) is 0. The summed E-state index contributed by atoms with van der Waals surface area (Å²) in [5.41, 5.74) is 3.84. The summed E-state index contributed by atoms with van der Waals surface area (Å²) < 4.78 is 0. The second-order valence-corrected chi connectivity index (χ2v) is 7.04. The summed E-state index contributed by atoms with van der Waals surface area (Å²) in [5.74, 6) is 1.89. The Bertz CT molecular complexity index is 522. The Kier molecular flexibility index (Phi) is 7.39. The Morgan fingerprint density at radius 1 is 1.09 bits per heavy atom. The Morgan fingerprint density at radius 2 is 1.74 bits per heavy atom. The van der Waals surface area contributed by atoms with Gasteiger partial charge < -0.3 is 0 Å². The van der Waals surface area contributed by atoms with Gasteiger partial charge in [-0.3, -0.25) is 0 Å². The van der Waals surface area contributed by atoms with E-state index in [1.807, 2.05) is 6.08 Å². The Labute approximate surface area is 143 Å². The van der Waals surface area contributed by atoms with Crippen molar-refractivity contribution in [2.24, 2.45) is 11.8 Å². The largest absolute Gasteiger partial charge is 0.0990 e. The van der Waals surface area contributed by atoms with Crippen molar-refractivity contribution >= 4 is 5.57 Å². The Morgan fingerprint density at radius 3 is 2.35 bits per heavy atom. The SMILES string of the molecule is C=C/C=C(\C=C/CC1CCC(CCC)CC1)c1ccc(C)cc1. The number of hydrogen-bond acceptors (Lipinski definition) is 0. The summed E-state index contributed by atoms with van der Waals surface area (Å²) in [4.78, 5) is 0. The molecule has 0 atom stereocenters. The summed E-state index contributed by atoms with van der Waals surface area (Å²) >= 11 is 0. The lowest BCUT2D eigenvalue weighted by atomic mass is 9.79. The highest BCUT2D eigenvalue weighted by molar-refractivity contribution is 5.75. The molecule has 0 heterocycles. The summed E-state index contributed by atoms with van der Waals surface area (Å²) in [6.45, 7) is 8.30. The van der Waals surface area contributed by atoms with E-state index in [1.165, 1.54) is 61.6 Å². The lowest BCUT2D eigenvalue weighted by molar-refractivity contribution is 0.263. The van der Waals surface area contributed by atoms with Crippen LogP contribution in [0.3, 0.4) is 0 Å². The predicted molar refractivity (Wildman–Crippen MR) is 103 cm³/mol. The molecule has 0 heteroatoms. The van der Waals surface area contributed by atoms with Gasteiger partial charge >= 0.3 is 0 Å². The van der Waals surface area contributed by atoms with Crippen LogP contribution < -0.4 is 0 Å². The quantitative estimate of drug-likeness (QED) is 0.470. The molecule has 0 aliphatic heterocycles. The molecule has 1 aliphatic rings. The van der Waals surface area contributed by atoms with E-state index in [1.54, 1.807) is 0 Å². The molecule has 0 spiro atoms. The fourth-order valence-electron chi connectivity index (χ4n) is 3.67. The maximum atomic E-state index is 3.86. The molecule has 2 rings (SSSR count). The van der Waals surface area contributed by atoms with Crippen LogP contribution in [0.1, 0.15) is 63.0 Å². The van der Waals surface area contributed by atoms with Gasteiger partial charge in [-0.1, -0.05) is 93.3 Å². The molecule has 0 N–H and O–H groups in total. The van der Waals surface area contributed by atoms with Crippen LogP contribution in [0.5, 0.6) is 0 Å². The topological polar surface area (TPSA) is 0 Å². The number of aryl methyl sites for hydroxylation is 1. The Balaban J connectivity index is 1.89. The highest BCUT2D eigenvalue weighted by Gasteiger charge is 2.19. The van der Waals surface area contributed by atoms with Crippen molar-refractivity contribution in [1.82, 2.24) is 0 Å². The molecule has 1 aromatic rings. The molecule has 1 fully saturated rings. The van der Waals surface area contributed by atoms with Crippen LogP contribution in [0.4, 0.5) is 0 Å². The zero-order valence-corrected chi connectivity index (χ0v) is 14.9. The minimum absolute atomic E-state index is 0.891. The van der Waals surface area contributed by atoms with Gasteiger partial charge in [0.05, 0.1) is 0 Å². The molecule has 0 amide bonds. The van der Waals surface area contributed by atoms with Gasteiger partial charge in [0.15, 0.2) is 0 Å². The number of allylic oxidation sites excluding steroid dienone is 5. The van der Waals surface area contributed by atoms with Crippen molar-refractivity contribution in [3.63, 3.8) is 0 Å². The van der Waals surface area contributed by atoms with Gasteiger partial charge in [0.2, 0.25) is 0 Å². The van der Waals surface area contributed by atoms with E-state index in [2.05, 4.69) is 62.9 Å². The zero-order chi connectivity index (χ0) is 16.5. The van der Waals surface area contributed by atoms with Crippen molar-refractivity contribution in [3.05, 3.63) is 66.3 Å². The second kappa shape index (κ2) is 9.55. The van der Waals surface area contributed by atoms with E-state index in [0.29, 0.717) is 0 Å². The fraction of sp³-hybridized carbons (Fsp3) is 0.478. The third kappa shape index (κ3) is 5.86. The first-order chi connectivity index (χ1) is 11.2. The van der Waals surface area contributed by atoms with Crippen LogP contribution in [0.25, 0.3) is 5.57 Å². The van der Waals surface area contributed by atoms with Gasteiger partial charge in [0.1, 0.15) is 0 Å². The highest BCUT2D eigenvalue weighted by atomic mass is 14.2. The molecule has 23 heavy (non-hydrogen) atoms. The van der Waals surface area contributed by atoms with Gasteiger partial charge in [-0.15, -0.1) is 0 Å². The first kappa shape index (κ1) is 17.8. The van der Waals surface area contributed by atoms with E-state index >= 15 is 0 Å². The van der Waals surface area contributed by atoms with Gasteiger partial charge in [-0.05, 0) is 49.2 Å². The van der Waals surface area contributed by atoms with Crippen LogP contribution >= 0.6 is 0 Å². The van der Waals surface area contributed by atoms with Crippen molar-refractivity contribution in [3.8, 4) is 0 Å². The molecule has 0 saturated heterocycles. The van der Waals surface area contributed by atoms with Crippen LogP contribution in [-0.2, 0) is 0 Å². The molecule has 124 valence electrons. The molecule has 1 aromatic carbocycles. The average Bonchev–Trinajstić information content (AvgIpc) is 2.57. The van der Waals surface area contributed by atoms with Gasteiger partial charge in [0.25, 0.3) is 0 Å². The first-order valence-electron chi connectivity index (χ1n) is 9.29. The molecule has 1 aliphatic carbocycles. The molecule has 0 bridgehead atoms. The molecular formula is C23H32. The third-order valence-corrected chi connectivity index (χ3v) is 5.11. The normalized spacial score (nSPS) is 22.4. The van der Waals surface area contributed by atoms with Gasteiger partial charge in [0, 0.05) is 0 Å². The minimum Gasteiger partial charge on any atom is -0.0990 e. The highest BCUT2D eigenvalue weighted by Crippen LogP contribution is 2.33. The van der Waals surface area contributed by atoms with Gasteiger partial charge in [-0.2, -0.15) is 0 Å². The van der Waals surface area contributed by atoms with Crippen LogP contribution in [0, 0.1) is 18.8 Å². The molecule has 1 saturated carbocycles. The van der Waals surface area contributed by atoms with Crippen LogP contribution in [0.15, 0.2) is 55.1 Å². The van der Waals surface area contributed by atoms with E-state index in [0.717, 1.165) is 11.8 Å². The lowest BCUT2D eigenvalue weighted by Gasteiger charge is -2.27. The molecule has 0 nitrogen and oxygen atoms in total. The van der Waals surface area contributed by atoms with Crippen molar-refractivity contribution in [2.45, 2.75) is 58.8 Å². The Hall–Kier alpha value is -1.56. The maximum absolute atomic E-state index is 3.86. The van der Waals surface area contributed by atoms with E-state index in [-0.39, 0.29) is 0 Å². The van der Waals surface area contributed by atoms with Crippen molar-refractivity contribution in [1.29, 1.82) is 0 Å². The smallest absolute Gasteiger partial charge is 0.0184 e. The van der Waals surface area contributed by atoms with Crippen LogP contribution in [0.2, 0.25) is 0 Å². The number of hydrogen-bond donors (Lipinski definition) is 0. The molecular weight excluding hydrogens is 276 g/mol. The monoisotopic (exact) mass is 308 g/mol. The molecule has 0 aromatic heterocycles. The molecule has 0 unspecified atom stereocenters. The minimum atomic E-state index is 0.891. The first-order valence-corrected chi connectivity index (χ1v) is 9.29. The lowest BCUT2D eigenvalue weighted by Crippen LogP contribution is -2.13. The number of rotatable bonds is 7. The number of benzene rings is 1. The zero-order valence-electron chi connectivity index (χ0n) is 14.9. The van der Waals surface area contributed by atoms with Crippen molar-refractivity contribution < 1.29 is 0 Å².